The highest BCUT2D eigenvalue weighted by Crippen LogP contribution is 2.25. The largest absolute Gasteiger partial charge is 0.466 e. The van der Waals surface area contributed by atoms with Crippen molar-refractivity contribution in [3.05, 3.63) is 34.9 Å². The van der Waals surface area contributed by atoms with Crippen LogP contribution in [0.3, 0.4) is 0 Å². The van der Waals surface area contributed by atoms with E-state index in [2.05, 4.69) is 6.92 Å². The van der Waals surface area contributed by atoms with Gasteiger partial charge in [-0.25, -0.2) is 0 Å². The molecule has 0 aliphatic rings. The summed E-state index contributed by atoms with van der Waals surface area (Å²) in [5, 5.41) is 0.711. The fourth-order valence-electron chi connectivity index (χ4n) is 1.73. The first kappa shape index (κ1) is 14.0. The van der Waals surface area contributed by atoms with E-state index in [0.29, 0.717) is 18.1 Å². The summed E-state index contributed by atoms with van der Waals surface area (Å²) in [6, 6.07) is 7.68. The second-order valence-corrected chi connectivity index (χ2v) is 4.52. The zero-order chi connectivity index (χ0) is 12.7. The minimum Gasteiger partial charge on any atom is -0.466 e. The number of esters is 1. The molecule has 0 amide bonds. The topological polar surface area (TPSA) is 26.3 Å². The number of hydrogen-bond acceptors (Lipinski definition) is 2. The summed E-state index contributed by atoms with van der Waals surface area (Å²) in [6.45, 7) is 4.56. The highest BCUT2D eigenvalue weighted by molar-refractivity contribution is 6.30. The van der Waals surface area contributed by atoms with Gasteiger partial charge in [0.1, 0.15) is 0 Å². The Hall–Kier alpha value is -1.02. The van der Waals surface area contributed by atoms with Crippen LogP contribution in [0.15, 0.2) is 24.3 Å². The molecule has 0 fully saturated rings. The number of carbonyl (C=O) groups is 1. The van der Waals surface area contributed by atoms with Crippen molar-refractivity contribution in [1.82, 2.24) is 0 Å². The van der Waals surface area contributed by atoms with Gasteiger partial charge in [-0.05, 0) is 36.5 Å². The predicted molar refractivity (Wildman–Crippen MR) is 70.4 cm³/mol. The molecule has 0 aromatic heterocycles. The average Bonchev–Trinajstić information content (AvgIpc) is 2.33. The van der Waals surface area contributed by atoms with E-state index in [1.54, 1.807) is 0 Å². The van der Waals surface area contributed by atoms with Gasteiger partial charge in [0.25, 0.3) is 0 Å². The van der Waals surface area contributed by atoms with E-state index in [1.807, 2.05) is 31.2 Å². The van der Waals surface area contributed by atoms with Gasteiger partial charge in [0.2, 0.25) is 0 Å². The third-order valence-electron chi connectivity index (χ3n) is 2.69. The van der Waals surface area contributed by atoms with Crippen molar-refractivity contribution in [2.75, 3.05) is 6.61 Å². The summed E-state index contributed by atoms with van der Waals surface area (Å²) >= 11 is 5.95. The fourth-order valence-corrected chi connectivity index (χ4v) is 1.93. The summed E-state index contributed by atoms with van der Waals surface area (Å²) < 4.78 is 5.10. The Morgan fingerprint density at radius 3 is 2.76 bits per heavy atom. The first-order chi connectivity index (χ1) is 8.17. The molecule has 1 aromatic carbocycles. The molecule has 0 saturated carbocycles. The molecule has 17 heavy (non-hydrogen) atoms. The van der Waals surface area contributed by atoms with E-state index < -0.39 is 0 Å². The lowest BCUT2D eigenvalue weighted by atomic mass is 9.93. The van der Waals surface area contributed by atoms with Gasteiger partial charge in [-0.3, -0.25) is 4.79 Å². The number of carbonyl (C=O) groups excluding carboxylic acids is 1. The van der Waals surface area contributed by atoms with Crippen molar-refractivity contribution in [2.45, 2.75) is 39.0 Å². The molecular weight excluding hydrogens is 236 g/mol. The van der Waals surface area contributed by atoms with Crippen LogP contribution in [-0.2, 0) is 9.53 Å². The lowest BCUT2D eigenvalue weighted by Gasteiger charge is -2.14. The van der Waals surface area contributed by atoms with Gasteiger partial charge in [-0.1, -0.05) is 37.6 Å². The molecule has 3 heteroatoms. The number of ether oxygens (including phenoxy) is 1. The number of halogens is 1. The zero-order valence-corrected chi connectivity index (χ0v) is 11.2. The Morgan fingerprint density at radius 1 is 1.41 bits per heavy atom. The predicted octanol–water partition coefficient (Wildman–Crippen LogP) is 4.18. The average molecular weight is 255 g/mol. The SMILES string of the molecule is CCCOC(=O)CC(CC)c1cccc(Cl)c1. The summed E-state index contributed by atoms with van der Waals surface area (Å²) in [5.41, 5.74) is 1.11. The quantitative estimate of drug-likeness (QED) is 0.712. The van der Waals surface area contributed by atoms with Crippen LogP contribution in [-0.4, -0.2) is 12.6 Å². The van der Waals surface area contributed by atoms with Gasteiger partial charge in [0.05, 0.1) is 13.0 Å². The van der Waals surface area contributed by atoms with Crippen molar-refractivity contribution < 1.29 is 9.53 Å². The second-order valence-electron chi connectivity index (χ2n) is 4.08. The molecule has 0 N–H and O–H groups in total. The van der Waals surface area contributed by atoms with Crippen molar-refractivity contribution in [3.8, 4) is 0 Å². The lowest BCUT2D eigenvalue weighted by Crippen LogP contribution is -2.10. The van der Waals surface area contributed by atoms with Gasteiger partial charge >= 0.3 is 5.97 Å². The van der Waals surface area contributed by atoms with Crippen LogP contribution in [0.25, 0.3) is 0 Å². The van der Waals surface area contributed by atoms with E-state index in [1.165, 1.54) is 0 Å². The van der Waals surface area contributed by atoms with Gasteiger partial charge in [-0.2, -0.15) is 0 Å². The molecule has 0 aliphatic heterocycles. The summed E-state index contributed by atoms with van der Waals surface area (Å²) in [6.07, 6.45) is 2.19. The van der Waals surface area contributed by atoms with Crippen molar-refractivity contribution in [3.63, 3.8) is 0 Å². The fraction of sp³-hybridized carbons (Fsp3) is 0.500. The van der Waals surface area contributed by atoms with Gasteiger partial charge in [0.15, 0.2) is 0 Å². The lowest BCUT2D eigenvalue weighted by molar-refractivity contribution is -0.144. The van der Waals surface area contributed by atoms with Crippen molar-refractivity contribution in [2.24, 2.45) is 0 Å². The Labute approximate surface area is 108 Å². The normalized spacial score (nSPS) is 12.2. The first-order valence-electron chi connectivity index (χ1n) is 6.08. The maximum absolute atomic E-state index is 11.6. The molecule has 1 unspecified atom stereocenters. The Morgan fingerprint density at radius 2 is 2.18 bits per heavy atom. The van der Waals surface area contributed by atoms with Crippen LogP contribution in [0.1, 0.15) is 44.6 Å². The monoisotopic (exact) mass is 254 g/mol. The second kappa shape index (κ2) is 7.33. The maximum Gasteiger partial charge on any atom is 0.306 e. The van der Waals surface area contributed by atoms with Gasteiger partial charge in [-0.15, -0.1) is 0 Å². The molecule has 0 aliphatic carbocycles. The molecule has 0 spiro atoms. The van der Waals surface area contributed by atoms with Crippen LogP contribution in [0, 0.1) is 0 Å². The summed E-state index contributed by atoms with van der Waals surface area (Å²) in [4.78, 5) is 11.6. The highest BCUT2D eigenvalue weighted by Gasteiger charge is 2.15. The Bertz CT molecular complexity index is 363. The van der Waals surface area contributed by atoms with Gasteiger partial charge < -0.3 is 4.74 Å². The summed E-state index contributed by atoms with van der Waals surface area (Å²) in [7, 11) is 0. The van der Waals surface area contributed by atoms with E-state index in [4.69, 9.17) is 16.3 Å². The molecule has 0 bridgehead atoms. The van der Waals surface area contributed by atoms with Crippen molar-refractivity contribution >= 4 is 17.6 Å². The van der Waals surface area contributed by atoms with E-state index in [0.717, 1.165) is 18.4 Å². The molecule has 1 aromatic rings. The molecule has 1 atom stereocenters. The molecule has 1 rings (SSSR count). The van der Waals surface area contributed by atoms with Crippen LogP contribution in [0.5, 0.6) is 0 Å². The number of rotatable bonds is 6. The van der Waals surface area contributed by atoms with E-state index >= 15 is 0 Å². The smallest absolute Gasteiger partial charge is 0.306 e. The van der Waals surface area contributed by atoms with Crippen molar-refractivity contribution in [1.29, 1.82) is 0 Å². The molecule has 2 nitrogen and oxygen atoms in total. The molecule has 0 heterocycles. The molecule has 0 radical (unpaired) electrons. The van der Waals surface area contributed by atoms with Crippen LogP contribution < -0.4 is 0 Å². The standard InChI is InChI=1S/C14H19ClO2/c1-3-8-17-14(16)10-11(4-2)12-6-5-7-13(15)9-12/h5-7,9,11H,3-4,8,10H2,1-2H3. The van der Waals surface area contributed by atoms with Crippen LogP contribution >= 0.6 is 11.6 Å². The van der Waals surface area contributed by atoms with Crippen LogP contribution in [0.4, 0.5) is 0 Å². The molecule has 0 saturated heterocycles. The number of benzene rings is 1. The molecule has 94 valence electrons. The Kier molecular flexibility index (Phi) is 6.06. The van der Waals surface area contributed by atoms with Gasteiger partial charge in [0, 0.05) is 5.02 Å². The highest BCUT2D eigenvalue weighted by atomic mass is 35.5. The molecular formula is C14H19ClO2. The van der Waals surface area contributed by atoms with E-state index in [9.17, 15) is 4.79 Å². The third-order valence-corrected chi connectivity index (χ3v) is 2.93. The number of hydrogen-bond donors (Lipinski definition) is 0. The minimum atomic E-state index is -0.126. The van der Waals surface area contributed by atoms with Crippen LogP contribution in [0.2, 0.25) is 5.02 Å². The Balaban J connectivity index is 2.62. The zero-order valence-electron chi connectivity index (χ0n) is 10.4. The minimum absolute atomic E-state index is 0.126. The summed E-state index contributed by atoms with van der Waals surface area (Å²) in [5.74, 6) is 0.0664. The maximum atomic E-state index is 11.6. The first-order valence-corrected chi connectivity index (χ1v) is 6.46. The third kappa shape index (κ3) is 4.78. The van der Waals surface area contributed by atoms with E-state index in [-0.39, 0.29) is 11.9 Å².